The summed E-state index contributed by atoms with van der Waals surface area (Å²) in [4.78, 5) is 45.9. The minimum absolute atomic E-state index is 0.00582. The van der Waals surface area contributed by atoms with Crippen LogP contribution in [0.2, 0.25) is 0 Å². The number of aryl methyl sites for hydroxylation is 1. The molecule has 29 heavy (non-hydrogen) atoms. The fraction of sp³-hybridized carbons (Fsp3) is 0.0556. The van der Waals surface area contributed by atoms with Crippen LogP contribution in [0.25, 0.3) is 11.0 Å². The van der Waals surface area contributed by atoms with Crippen LogP contribution in [0.5, 0.6) is 11.5 Å². The molecule has 0 fully saturated rings. The SMILES string of the molecule is Cc1c([O-])c([N+](=O)[O-])cc2cc(C(=O)Nc3ccc([OH2+])c(C(=O)O)c3)c(=O)oc12. The van der Waals surface area contributed by atoms with Crippen molar-refractivity contribution >= 4 is 34.2 Å². The number of fused-ring (bicyclic) bond motifs is 1. The Morgan fingerprint density at radius 1 is 1.21 bits per heavy atom. The summed E-state index contributed by atoms with van der Waals surface area (Å²) in [5, 5.41) is 41.9. The normalized spacial score (nSPS) is 10.7. The van der Waals surface area contributed by atoms with Crippen LogP contribution >= 0.6 is 0 Å². The molecule has 1 heterocycles. The molecule has 0 unspecified atom stereocenters. The largest absolute Gasteiger partial charge is 0.868 e. The molecule has 3 rings (SSSR count). The number of amides is 1. The summed E-state index contributed by atoms with van der Waals surface area (Å²) in [5.74, 6) is -3.50. The van der Waals surface area contributed by atoms with Gasteiger partial charge in [0.1, 0.15) is 11.1 Å². The summed E-state index contributed by atoms with van der Waals surface area (Å²) < 4.78 is 5.02. The van der Waals surface area contributed by atoms with Gasteiger partial charge in [-0.25, -0.2) is 9.59 Å². The molecule has 0 saturated carbocycles. The van der Waals surface area contributed by atoms with E-state index in [1.54, 1.807) is 0 Å². The van der Waals surface area contributed by atoms with Crippen LogP contribution in [0.15, 0.2) is 39.5 Å². The van der Waals surface area contributed by atoms with Crippen molar-refractivity contribution in [3.63, 3.8) is 0 Å². The van der Waals surface area contributed by atoms with Crippen molar-refractivity contribution in [1.82, 2.24) is 0 Å². The first-order chi connectivity index (χ1) is 13.6. The lowest BCUT2D eigenvalue weighted by Gasteiger charge is -2.13. The Kier molecular flexibility index (Phi) is 4.64. The van der Waals surface area contributed by atoms with E-state index in [0.29, 0.717) is 0 Å². The number of carbonyl (C=O) groups is 2. The zero-order valence-corrected chi connectivity index (χ0v) is 14.6. The molecule has 1 amide bonds. The van der Waals surface area contributed by atoms with Crippen LogP contribution in [-0.4, -0.2) is 27.0 Å². The van der Waals surface area contributed by atoms with E-state index in [2.05, 4.69) is 5.32 Å². The zero-order valence-electron chi connectivity index (χ0n) is 14.6. The Labute approximate surface area is 160 Å². The minimum atomic E-state index is -1.37. The molecule has 11 nitrogen and oxygen atoms in total. The van der Waals surface area contributed by atoms with Gasteiger partial charge in [0.2, 0.25) is 0 Å². The lowest BCUT2D eigenvalue weighted by atomic mass is 10.1. The first-order valence-electron chi connectivity index (χ1n) is 7.93. The first-order valence-corrected chi connectivity index (χ1v) is 7.93. The van der Waals surface area contributed by atoms with E-state index >= 15 is 0 Å². The summed E-state index contributed by atoms with van der Waals surface area (Å²) in [6.07, 6.45) is 0. The van der Waals surface area contributed by atoms with E-state index < -0.39 is 39.4 Å². The standard InChI is InChI=1S/C18H12N2O9/c1-7-14(22)12(20(27)28)5-8-4-11(18(26)29-15(7)8)16(23)19-9-2-3-13(21)10(6-9)17(24)25/h2-6,21-22H,1H3,(H,19,23)(H,24,25). The van der Waals surface area contributed by atoms with Crippen LogP contribution in [0, 0.1) is 17.0 Å². The molecule has 1 aromatic heterocycles. The van der Waals surface area contributed by atoms with E-state index in [1.807, 2.05) is 0 Å². The molecular formula is C18H12N2O9. The van der Waals surface area contributed by atoms with Gasteiger partial charge in [0.15, 0.2) is 5.56 Å². The summed E-state index contributed by atoms with van der Waals surface area (Å²) in [6.45, 7) is 1.26. The van der Waals surface area contributed by atoms with Gasteiger partial charge in [0.05, 0.1) is 4.92 Å². The zero-order chi connectivity index (χ0) is 21.5. The highest BCUT2D eigenvalue weighted by molar-refractivity contribution is 6.06. The number of benzene rings is 2. The number of nitrogens with zero attached hydrogens (tertiary/aromatic N) is 1. The number of hydrogen-bond acceptors (Lipinski definition) is 7. The average molecular weight is 400 g/mol. The number of nitrogens with one attached hydrogen (secondary N) is 1. The molecule has 4 N–H and O–H groups in total. The quantitative estimate of drug-likeness (QED) is 0.285. The first kappa shape index (κ1) is 19.4. The Morgan fingerprint density at radius 3 is 2.52 bits per heavy atom. The topological polar surface area (TPSA) is 186 Å². The monoisotopic (exact) mass is 400 g/mol. The Hall–Kier alpha value is -4.41. The molecule has 0 aliphatic heterocycles. The highest BCUT2D eigenvalue weighted by Crippen LogP contribution is 2.33. The van der Waals surface area contributed by atoms with Gasteiger partial charge >= 0.3 is 11.6 Å². The minimum Gasteiger partial charge on any atom is -0.868 e. The highest BCUT2D eigenvalue weighted by Gasteiger charge is 2.20. The van der Waals surface area contributed by atoms with Crippen LogP contribution < -0.4 is 16.0 Å². The second kappa shape index (κ2) is 6.96. The predicted molar refractivity (Wildman–Crippen MR) is 97.7 cm³/mol. The van der Waals surface area contributed by atoms with Gasteiger partial charge in [-0.05, 0) is 36.4 Å². The third-order valence-electron chi connectivity index (χ3n) is 4.13. The fourth-order valence-corrected chi connectivity index (χ4v) is 2.69. The second-order valence-corrected chi connectivity index (χ2v) is 5.99. The third kappa shape index (κ3) is 3.43. The Bertz CT molecular complexity index is 1260. The van der Waals surface area contributed by atoms with Gasteiger partial charge < -0.3 is 25.1 Å². The maximum atomic E-state index is 12.5. The van der Waals surface area contributed by atoms with Crippen molar-refractivity contribution in [1.29, 1.82) is 0 Å². The number of nitro groups is 1. The van der Waals surface area contributed by atoms with E-state index in [-0.39, 0.29) is 33.5 Å². The molecule has 0 saturated heterocycles. The van der Waals surface area contributed by atoms with Gasteiger partial charge in [-0.1, -0.05) is 0 Å². The van der Waals surface area contributed by atoms with Crippen molar-refractivity contribution in [3.05, 3.63) is 67.6 Å². The smallest absolute Gasteiger partial charge is 0.349 e. The Balaban J connectivity index is 2.06. The molecule has 148 valence electrons. The van der Waals surface area contributed by atoms with Gasteiger partial charge in [0.25, 0.3) is 17.3 Å². The summed E-state index contributed by atoms with van der Waals surface area (Å²) in [6, 6.07) is 5.43. The lowest BCUT2D eigenvalue weighted by Crippen LogP contribution is -2.21. The van der Waals surface area contributed by atoms with Crippen LogP contribution in [0.1, 0.15) is 26.3 Å². The summed E-state index contributed by atoms with van der Waals surface area (Å²) >= 11 is 0. The Morgan fingerprint density at radius 2 is 1.90 bits per heavy atom. The van der Waals surface area contributed by atoms with Crippen LogP contribution in [0.4, 0.5) is 11.4 Å². The van der Waals surface area contributed by atoms with Crippen LogP contribution in [-0.2, 0) is 0 Å². The maximum absolute atomic E-state index is 12.5. The molecule has 0 radical (unpaired) electrons. The molecule has 3 aromatic rings. The number of carboxylic acid groups (broad SMARTS) is 1. The second-order valence-electron chi connectivity index (χ2n) is 5.99. The maximum Gasteiger partial charge on any atom is 0.349 e. The van der Waals surface area contributed by atoms with Gasteiger partial charge in [0, 0.05) is 23.2 Å². The molecule has 11 heteroatoms. The fourth-order valence-electron chi connectivity index (χ4n) is 2.69. The lowest BCUT2D eigenvalue weighted by molar-refractivity contribution is -0.398. The number of carbonyl (C=O) groups excluding carboxylic acids is 1. The van der Waals surface area contributed by atoms with Gasteiger partial charge in [-0.2, -0.15) is 0 Å². The van der Waals surface area contributed by atoms with Crippen molar-refractivity contribution in [2.45, 2.75) is 6.92 Å². The molecule has 0 bridgehead atoms. The molecule has 0 atom stereocenters. The molecule has 2 aromatic carbocycles. The van der Waals surface area contributed by atoms with Gasteiger partial charge in [-0.15, -0.1) is 0 Å². The number of rotatable bonds is 4. The van der Waals surface area contributed by atoms with Crippen molar-refractivity contribution in [2.24, 2.45) is 0 Å². The van der Waals surface area contributed by atoms with Crippen molar-refractivity contribution < 1.29 is 34.2 Å². The predicted octanol–water partition coefficient (Wildman–Crippen LogP) is 1.47. The van der Waals surface area contributed by atoms with E-state index in [9.17, 15) is 29.6 Å². The summed E-state index contributed by atoms with van der Waals surface area (Å²) in [7, 11) is 0. The third-order valence-corrected chi connectivity index (χ3v) is 4.13. The number of hydrogen-bond donors (Lipinski definition) is 2. The van der Waals surface area contributed by atoms with E-state index in [4.69, 9.17) is 14.6 Å². The highest BCUT2D eigenvalue weighted by atomic mass is 16.6. The number of carboxylic acids is 1. The summed E-state index contributed by atoms with van der Waals surface area (Å²) in [5.41, 5.74) is -2.97. The number of aromatic carboxylic acids is 1. The number of nitro benzene ring substituents is 1. The van der Waals surface area contributed by atoms with E-state index in [0.717, 1.165) is 24.3 Å². The average Bonchev–Trinajstić information content (AvgIpc) is 2.65. The number of anilines is 1. The molecular weight excluding hydrogens is 388 g/mol. The molecule has 0 aliphatic carbocycles. The molecule has 0 spiro atoms. The van der Waals surface area contributed by atoms with E-state index in [1.165, 1.54) is 13.0 Å². The molecule has 0 aliphatic rings. The van der Waals surface area contributed by atoms with Gasteiger partial charge in [-0.3, -0.25) is 14.9 Å². The van der Waals surface area contributed by atoms with Crippen molar-refractivity contribution in [3.8, 4) is 11.5 Å². The van der Waals surface area contributed by atoms with Crippen molar-refractivity contribution in [2.75, 3.05) is 5.32 Å². The van der Waals surface area contributed by atoms with Crippen LogP contribution in [0.3, 0.4) is 0 Å².